The molecule has 6 atom stereocenters. The summed E-state index contributed by atoms with van der Waals surface area (Å²) in [4.78, 5) is 23.1. The summed E-state index contributed by atoms with van der Waals surface area (Å²) in [6.07, 6.45) is 9.67. The lowest BCUT2D eigenvalue weighted by Gasteiger charge is -2.60. The smallest absolute Gasteiger partial charge is 0.254 e. The molecule has 10 heteroatoms. The Morgan fingerprint density at radius 3 is 2.28 bits per heavy atom. The highest BCUT2D eigenvalue weighted by molar-refractivity contribution is 6.03. The maximum absolute atomic E-state index is 15.0. The second-order valence-corrected chi connectivity index (χ2v) is 18.2. The zero-order valence-electron chi connectivity index (χ0n) is 37.7. The van der Waals surface area contributed by atoms with Crippen LogP contribution in [0.4, 0.5) is 0 Å². The van der Waals surface area contributed by atoms with E-state index in [-0.39, 0.29) is 43.5 Å². The van der Waals surface area contributed by atoms with E-state index >= 15 is 0 Å². The predicted octanol–water partition coefficient (Wildman–Crippen LogP) is 11.0. The van der Waals surface area contributed by atoms with Crippen molar-refractivity contribution >= 4 is 11.6 Å². The molecule has 2 N–H and O–H groups in total. The number of carbonyl (C=O) groups excluding carboxylic acids is 1. The average Bonchev–Trinajstić information content (AvgIpc) is 3.30. The highest BCUT2D eigenvalue weighted by atomic mass is 16.7. The van der Waals surface area contributed by atoms with Crippen LogP contribution in [-0.2, 0) is 9.57 Å². The standard InChI is InChI=1S/C54H63N3O7/c1-6-29-57(52(60)40-21-19-37(36-55)20-22-40)49-35-47(56-64-53(3,4)5)45-33-41(17-11-13-30-58)44(18-12-14-31-59)50-46-34-43(27-28-48(46)63-54(49,51(45)50)61-32-7-2)62-42-25-23-39(24-26-42)38-15-9-8-10-16-38/h7-10,15-16,19-28,33-34,41,44,49-51,58-59H,2,6,11-14,17-18,29-32,35H2,1,3-5H3. The minimum Gasteiger partial charge on any atom is -0.459 e. The molecule has 10 nitrogen and oxygen atoms in total. The lowest BCUT2D eigenvalue weighted by atomic mass is 9.55. The summed E-state index contributed by atoms with van der Waals surface area (Å²) in [6, 6.07) is 32.6. The molecule has 0 aromatic heterocycles. The van der Waals surface area contributed by atoms with Crippen molar-refractivity contribution in [1.82, 2.24) is 4.90 Å². The van der Waals surface area contributed by atoms with Crippen molar-refractivity contribution in [1.29, 1.82) is 5.26 Å². The molecule has 6 unspecified atom stereocenters. The molecule has 3 aliphatic rings. The molecule has 7 rings (SSSR count). The van der Waals surface area contributed by atoms with Crippen LogP contribution < -0.4 is 9.47 Å². The highest BCUT2D eigenvalue weighted by Crippen LogP contribution is 2.62. The van der Waals surface area contributed by atoms with Crippen LogP contribution in [-0.4, -0.2) is 70.5 Å². The molecule has 1 aliphatic heterocycles. The fourth-order valence-electron chi connectivity index (χ4n) is 9.88. The molecule has 0 bridgehead atoms. The van der Waals surface area contributed by atoms with Gasteiger partial charge in [0.1, 0.15) is 28.9 Å². The van der Waals surface area contributed by atoms with E-state index in [0.717, 1.165) is 53.7 Å². The summed E-state index contributed by atoms with van der Waals surface area (Å²) in [5.41, 5.74) is 5.23. The summed E-state index contributed by atoms with van der Waals surface area (Å²) < 4.78 is 21.2. The first-order valence-electron chi connectivity index (χ1n) is 22.9. The molecule has 0 spiro atoms. The SMILES string of the molecule is C=CCOC12Oc3ccc(Oc4ccc(-c5ccccc5)cc4)cc3C3C(CCCCO)C(CCCCO)C=C(C(=NOC(C)(C)C)CC1N(CCC)C(=O)c1ccc(C#N)cc1)C32. The molecule has 4 aromatic rings. The summed E-state index contributed by atoms with van der Waals surface area (Å²) in [5, 5.41) is 34.5. The second-order valence-electron chi connectivity index (χ2n) is 18.2. The van der Waals surface area contributed by atoms with E-state index in [4.69, 9.17) is 24.2 Å². The van der Waals surface area contributed by atoms with Gasteiger partial charge in [-0.25, -0.2) is 0 Å². The van der Waals surface area contributed by atoms with E-state index in [1.54, 1.807) is 30.3 Å². The molecule has 1 fully saturated rings. The van der Waals surface area contributed by atoms with E-state index in [1.165, 1.54) is 0 Å². The topological polar surface area (TPSA) is 134 Å². The summed E-state index contributed by atoms with van der Waals surface area (Å²) >= 11 is 0. The van der Waals surface area contributed by atoms with E-state index < -0.39 is 23.3 Å². The summed E-state index contributed by atoms with van der Waals surface area (Å²) in [5.74, 6) is -0.0872. The summed E-state index contributed by atoms with van der Waals surface area (Å²) in [7, 11) is 0. The number of oxime groups is 1. The third-order valence-electron chi connectivity index (χ3n) is 12.6. The number of amides is 1. The minimum atomic E-state index is -1.39. The fourth-order valence-corrected chi connectivity index (χ4v) is 9.88. The number of rotatable bonds is 19. The van der Waals surface area contributed by atoms with E-state index in [9.17, 15) is 20.3 Å². The number of aliphatic hydroxyl groups is 2. The number of benzene rings is 4. The lowest BCUT2D eigenvalue weighted by Crippen LogP contribution is -2.70. The van der Waals surface area contributed by atoms with Crippen LogP contribution in [0.5, 0.6) is 17.2 Å². The number of hydrogen-bond acceptors (Lipinski definition) is 9. The molecule has 336 valence electrons. The number of allylic oxidation sites excluding steroid dienone is 1. The molecule has 0 saturated heterocycles. The number of nitrogens with zero attached hydrogens (tertiary/aromatic N) is 3. The van der Waals surface area contributed by atoms with Crippen LogP contribution in [0, 0.1) is 29.1 Å². The third-order valence-corrected chi connectivity index (χ3v) is 12.6. The lowest BCUT2D eigenvalue weighted by molar-refractivity contribution is -0.254. The number of ether oxygens (including phenoxy) is 3. The molecular weight excluding hydrogens is 803 g/mol. The molecular formula is C54H63N3O7. The Balaban J connectivity index is 1.42. The summed E-state index contributed by atoms with van der Waals surface area (Å²) in [6.45, 7) is 12.8. The first-order valence-corrected chi connectivity index (χ1v) is 22.9. The Morgan fingerprint density at radius 2 is 1.62 bits per heavy atom. The van der Waals surface area contributed by atoms with Gasteiger partial charge in [0.2, 0.25) is 5.79 Å². The van der Waals surface area contributed by atoms with Gasteiger partial charge in [-0.3, -0.25) is 4.79 Å². The van der Waals surface area contributed by atoms with Gasteiger partial charge in [-0.05, 0) is 136 Å². The van der Waals surface area contributed by atoms with Crippen LogP contribution >= 0.6 is 0 Å². The molecule has 64 heavy (non-hydrogen) atoms. The van der Waals surface area contributed by atoms with Crippen molar-refractivity contribution in [2.75, 3.05) is 26.4 Å². The van der Waals surface area contributed by atoms with Crippen LogP contribution in [0.1, 0.15) is 106 Å². The van der Waals surface area contributed by atoms with Gasteiger partial charge in [-0.15, -0.1) is 6.58 Å². The van der Waals surface area contributed by atoms with Gasteiger partial charge in [0.05, 0.1) is 29.9 Å². The number of fused-ring (bicyclic) bond motifs is 2. The van der Waals surface area contributed by atoms with Crippen molar-refractivity contribution in [2.45, 2.75) is 102 Å². The highest BCUT2D eigenvalue weighted by Gasteiger charge is 2.65. The van der Waals surface area contributed by atoms with Crippen molar-refractivity contribution in [2.24, 2.45) is 22.9 Å². The largest absolute Gasteiger partial charge is 0.459 e. The maximum Gasteiger partial charge on any atom is 0.254 e. The first-order chi connectivity index (χ1) is 31.0. The van der Waals surface area contributed by atoms with Gasteiger partial charge in [-0.2, -0.15) is 5.26 Å². The number of nitriles is 1. The zero-order valence-corrected chi connectivity index (χ0v) is 37.7. The number of unbranched alkanes of at least 4 members (excludes halogenated alkanes) is 2. The van der Waals surface area contributed by atoms with Crippen LogP contribution in [0.15, 0.2) is 127 Å². The van der Waals surface area contributed by atoms with Gasteiger partial charge in [0.15, 0.2) is 0 Å². The quantitative estimate of drug-likeness (QED) is 0.0541. The molecule has 1 amide bonds. The van der Waals surface area contributed by atoms with Gasteiger partial charge < -0.3 is 34.2 Å². The molecule has 0 radical (unpaired) electrons. The number of hydrogen-bond donors (Lipinski definition) is 2. The van der Waals surface area contributed by atoms with Gasteiger partial charge in [0.25, 0.3) is 5.91 Å². The first kappa shape index (κ1) is 46.3. The third kappa shape index (κ3) is 10.1. The van der Waals surface area contributed by atoms with Crippen LogP contribution in [0.2, 0.25) is 0 Å². The molecule has 2 aliphatic carbocycles. The van der Waals surface area contributed by atoms with Crippen molar-refractivity contribution < 1.29 is 34.1 Å². The molecule has 4 aromatic carbocycles. The second kappa shape index (κ2) is 20.8. The molecule has 1 heterocycles. The van der Waals surface area contributed by atoms with E-state index in [2.05, 4.69) is 49.1 Å². The normalized spacial score (nSPS) is 22.9. The van der Waals surface area contributed by atoms with Gasteiger partial charge >= 0.3 is 0 Å². The Kier molecular flexibility index (Phi) is 15.1. The number of aliphatic hydroxyl groups excluding tert-OH is 2. The van der Waals surface area contributed by atoms with Crippen molar-refractivity contribution in [3.05, 3.63) is 138 Å². The number of carbonyl (C=O) groups is 1. The monoisotopic (exact) mass is 865 g/mol. The van der Waals surface area contributed by atoms with Crippen LogP contribution in [0.3, 0.4) is 0 Å². The van der Waals surface area contributed by atoms with Gasteiger partial charge in [-0.1, -0.05) is 79.5 Å². The Labute approximate surface area is 378 Å². The predicted molar refractivity (Wildman–Crippen MR) is 250 cm³/mol. The minimum absolute atomic E-state index is 0.0612. The van der Waals surface area contributed by atoms with E-state index in [1.807, 2.05) is 75.1 Å². The Bertz CT molecular complexity index is 2310. The van der Waals surface area contributed by atoms with Gasteiger partial charge in [0, 0.05) is 43.2 Å². The zero-order chi connectivity index (χ0) is 45.3. The molecule has 1 saturated carbocycles. The fraction of sp³-hybridized carbons (Fsp3) is 0.426. The Morgan fingerprint density at radius 1 is 0.938 bits per heavy atom. The Hall–Kier alpha value is -5.73. The van der Waals surface area contributed by atoms with Crippen LogP contribution in [0.25, 0.3) is 11.1 Å². The maximum atomic E-state index is 15.0. The van der Waals surface area contributed by atoms with Crippen molar-refractivity contribution in [3.63, 3.8) is 0 Å². The average molecular weight is 866 g/mol. The van der Waals surface area contributed by atoms with Crippen molar-refractivity contribution in [3.8, 4) is 34.4 Å². The van der Waals surface area contributed by atoms with E-state index in [0.29, 0.717) is 60.6 Å².